The molecule has 1 aromatic carbocycles. The normalized spacial score (nSPS) is 15.0. The van der Waals surface area contributed by atoms with Gasteiger partial charge in [0.15, 0.2) is 0 Å². The van der Waals surface area contributed by atoms with Crippen molar-refractivity contribution in [3.8, 4) is 0 Å². The van der Waals surface area contributed by atoms with E-state index in [-0.39, 0.29) is 0 Å². The van der Waals surface area contributed by atoms with Crippen LogP contribution in [0.4, 0.5) is 5.69 Å². The van der Waals surface area contributed by atoms with Gasteiger partial charge in [-0.15, -0.1) is 0 Å². The summed E-state index contributed by atoms with van der Waals surface area (Å²) in [5.41, 5.74) is 8.23. The van der Waals surface area contributed by atoms with Gasteiger partial charge in [-0.25, -0.2) is 0 Å². The van der Waals surface area contributed by atoms with Crippen LogP contribution in [0.25, 0.3) is 0 Å². The van der Waals surface area contributed by atoms with Gasteiger partial charge in [0, 0.05) is 23.2 Å². The zero-order chi connectivity index (χ0) is 12.3. The molecule has 17 heavy (non-hydrogen) atoms. The lowest BCUT2D eigenvalue weighted by Gasteiger charge is -2.23. The van der Waals surface area contributed by atoms with Crippen molar-refractivity contribution in [2.24, 2.45) is 11.7 Å². The highest BCUT2D eigenvalue weighted by Gasteiger charge is 2.24. The first-order valence-corrected chi connectivity index (χ1v) is 7.27. The minimum absolute atomic E-state index is 0.706. The molecule has 2 nitrogen and oxygen atoms in total. The molecule has 0 aliphatic heterocycles. The highest BCUT2D eigenvalue weighted by Crippen LogP contribution is 2.32. The minimum Gasteiger partial charge on any atom is -0.372 e. The number of benzene rings is 1. The van der Waals surface area contributed by atoms with Crippen LogP contribution in [0.5, 0.6) is 0 Å². The molecule has 2 rings (SSSR count). The van der Waals surface area contributed by atoms with E-state index in [1.165, 1.54) is 35.1 Å². The van der Waals surface area contributed by atoms with Gasteiger partial charge >= 0.3 is 0 Å². The first kappa shape index (κ1) is 12.9. The first-order valence-electron chi connectivity index (χ1n) is 6.48. The Kier molecular flexibility index (Phi) is 4.46. The number of hydrogen-bond donors (Lipinski definition) is 1. The number of rotatable bonds is 6. The molecule has 0 spiro atoms. The van der Waals surface area contributed by atoms with Gasteiger partial charge in [-0.1, -0.05) is 22.0 Å². The smallest absolute Gasteiger partial charge is 0.0377 e. The Balaban J connectivity index is 2.10. The van der Waals surface area contributed by atoms with Gasteiger partial charge < -0.3 is 10.6 Å². The topological polar surface area (TPSA) is 29.3 Å². The van der Waals surface area contributed by atoms with Crippen LogP contribution >= 0.6 is 15.9 Å². The van der Waals surface area contributed by atoms with Crippen LogP contribution in [0.1, 0.15) is 25.3 Å². The van der Waals surface area contributed by atoms with Gasteiger partial charge in [0.1, 0.15) is 0 Å². The number of hydrogen-bond acceptors (Lipinski definition) is 2. The largest absolute Gasteiger partial charge is 0.372 e. The van der Waals surface area contributed by atoms with Crippen molar-refractivity contribution in [1.82, 2.24) is 0 Å². The molecule has 0 radical (unpaired) electrons. The number of nitrogens with zero attached hydrogens (tertiary/aromatic N) is 1. The maximum absolute atomic E-state index is 5.60. The molecule has 0 heterocycles. The molecule has 3 heteroatoms. The van der Waals surface area contributed by atoms with Crippen molar-refractivity contribution in [3.63, 3.8) is 0 Å². The summed E-state index contributed by atoms with van der Waals surface area (Å²) in [5, 5.41) is 0. The molecule has 1 fully saturated rings. The standard InChI is InChI=1S/C14H21BrN2/c1-2-17(10-11-3-4-11)13-6-5-12(7-8-16)14(15)9-13/h5-6,9,11H,2-4,7-8,10,16H2,1H3. The predicted molar refractivity (Wildman–Crippen MR) is 77.5 cm³/mol. The van der Waals surface area contributed by atoms with Crippen LogP contribution in [0.2, 0.25) is 0 Å². The van der Waals surface area contributed by atoms with E-state index in [4.69, 9.17) is 5.73 Å². The molecule has 0 bridgehead atoms. The summed E-state index contributed by atoms with van der Waals surface area (Å²) in [6.45, 7) is 5.22. The zero-order valence-electron chi connectivity index (χ0n) is 10.5. The molecule has 0 atom stereocenters. The SMILES string of the molecule is CCN(CC1CC1)c1ccc(CCN)c(Br)c1. The Morgan fingerprint density at radius 3 is 2.71 bits per heavy atom. The van der Waals surface area contributed by atoms with Crippen molar-refractivity contribution in [3.05, 3.63) is 28.2 Å². The Morgan fingerprint density at radius 1 is 1.41 bits per heavy atom. The molecular formula is C14H21BrN2. The predicted octanol–water partition coefficient (Wildman–Crippen LogP) is 3.19. The molecule has 0 aromatic heterocycles. The van der Waals surface area contributed by atoms with Gasteiger partial charge in [0.05, 0.1) is 0 Å². The van der Waals surface area contributed by atoms with E-state index in [2.05, 4.69) is 46.0 Å². The van der Waals surface area contributed by atoms with E-state index in [0.717, 1.165) is 18.9 Å². The number of halogens is 1. The maximum Gasteiger partial charge on any atom is 0.0377 e. The minimum atomic E-state index is 0.706. The van der Waals surface area contributed by atoms with Gasteiger partial charge in [0.25, 0.3) is 0 Å². The molecule has 2 N–H and O–H groups in total. The maximum atomic E-state index is 5.60. The summed E-state index contributed by atoms with van der Waals surface area (Å²) < 4.78 is 1.19. The second-order valence-corrected chi connectivity index (χ2v) is 5.65. The van der Waals surface area contributed by atoms with Crippen molar-refractivity contribution >= 4 is 21.6 Å². The second-order valence-electron chi connectivity index (χ2n) is 4.80. The zero-order valence-corrected chi connectivity index (χ0v) is 12.0. The van der Waals surface area contributed by atoms with Gasteiger partial charge in [-0.2, -0.15) is 0 Å². The first-order chi connectivity index (χ1) is 8.24. The Hall–Kier alpha value is -0.540. The Labute approximate surface area is 112 Å². The third kappa shape index (κ3) is 3.46. The molecule has 1 aromatic rings. The summed E-state index contributed by atoms with van der Waals surface area (Å²) in [6.07, 6.45) is 3.75. The highest BCUT2D eigenvalue weighted by atomic mass is 79.9. The Morgan fingerprint density at radius 2 is 2.18 bits per heavy atom. The van der Waals surface area contributed by atoms with Crippen molar-refractivity contribution < 1.29 is 0 Å². The quantitative estimate of drug-likeness (QED) is 0.874. The molecule has 1 aliphatic rings. The van der Waals surface area contributed by atoms with Crippen LogP contribution in [-0.4, -0.2) is 19.6 Å². The van der Waals surface area contributed by atoms with Gasteiger partial charge in [-0.3, -0.25) is 0 Å². The van der Waals surface area contributed by atoms with Crippen molar-refractivity contribution in [2.45, 2.75) is 26.2 Å². The van der Waals surface area contributed by atoms with Gasteiger partial charge in [0.2, 0.25) is 0 Å². The summed E-state index contributed by atoms with van der Waals surface area (Å²) in [7, 11) is 0. The molecule has 94 valence electrons. The molecular weight excluding hydrogens is 276 g/mol. The van der Waals surface area contributed by atoms with Crippen LogP contribution in [0.15, 0.2) is 22.7 Å². The fourth-order valence-corrected chi connectivity index (χ4v) is 2.69. The summed E-state index contributed by atoms with van der Waals surface area (Å²) >= 11 is 3.65. The average Bonchev–Trinajstić information content (AvgIpc) is 3.13. The fourth-order valence-electron chi connectivity index (χ4n) is 2.12. The van der Waals surface area contributed by atoms with E-state index in [1.807, 2.05) is 0 Å². The Bertz CT molecular complexity index is 374. The summed E-state index contributed by atoms with van der Waals surface area (Å²) in [5.74, 6) is 0.928. The van der Waals surface area contributed by atoms with E-state index in [0.29, 0.717) is 6.54 Å². The van der Waals surface area contributed by atoms with Crippen LogP contribution in [0, 0.1) is 5.92 Å². The van der Waals surface area contributed by atoms with E-state index in [9.17, 15) is 0 Å². The lowest BCUT2D eigenvalue weighted by Crippen LogP contribution is -2.25. The highest BCUT2D eigenvalue weighted by molar-refractivity contribution is 9.10. The van der Waals surface area contributed by atoms with Crippen molar-refractivity contribution in [1.29, 1.82) is 0 Å². The second kappa shape index (κ2) is 5.87. The van der Waals surface area contributed by atoms with Crippen LogP contribution in [0.3, 0.4) is 0 Å². The van der Waals surface area contributed by atoms with Crippen molar-refractivity contribution in [2.75, 3.05) is 24.5 Å². The fraction of sp³-hybridized carbons (Fsp3) is 0.571. The molecule has 1 saturated carbocycles. The van der Waals surface area contributed by atoms with Gasteiger partial charge in [-0.05, 0) is 56.3 Å². The molecule has 0 amide bonds. The monoisotopic (exact) mass is 296 g/mol. The number of nitrogens with two attached hydrogens (primary N) is 1. The van der Waals surface area contributed by atoms with Crippen LogP contribution < -0.4 is 10.6 Å². The third-order valence-electron chi connectivity index (χ3n) is 3.37. The average molecular weight is 297 g/mol. The van der Waals surface area contributed by atoms with E-state index >= 15 is 0 Å². The third-order valence-corrected chi connectivity index (χ3v) is 4.11. The lowest BCUT2D eigenvalue weighted by atomic mass is 10.1. The van der Waals surface area contributed by atoms with E-state index < -0.39 is 0 Å². The molecule has 0 unspecified atom stereocenters. The van der Waals surface area contributed by atoms with Crippen LogP contribution in [-0.2, 0) is 6.42 Å². The number of anilines is 1. The lowest BCUT2D eigenvalue weighted by molar-refractivity contribution is 0.741. The molecule has 1 aliphatic carbocycles. The van der Waals surface area contributed by atoms with E-state index in [1.54, 1.807) is 0 Å². The molecule has 0 saturated heterocycles. The summed E-state index contributed by atoms with van der Waals surface area (Å²) in [6, 6.07) is 6.65. The summed E-state index contributed by atoms with van der Waals surface area (Å²) in [4.78, 5) is 2.47.